The van der Waals surface area contributed by atoms with Crippen LogP contribution in [0.5, 0.6) is 0 Å². The van der Waals surface area contributed by atoms with Crippen LogP contribution in [0, 0.1) is 0 Å². The van der Waals surface area contributed by atoms with Crippen LogP contribution >= 0.6 is 22.7 Å². The summed E-state index contributed by atoms with van der Waals surface area (Å²) in [4.78, 5) is 2.39. The van der Waals surface area contributed by atoms with Crippen molar-refractivity contribution >= 4 is 113 Å². The maximum atomic E-state index is 6.54. The van der Waals surface area contributed by atoms with Crippen molar-refractivity contribution in [2.45, 2.75) is 0 Å². The number of anilines is 3. The molecule has 0 atom stereocenters. The molecule has 2 nitrogen and oxygen atoms in total. The van der Waals surface area contributed by atoms with E-state index in [2.05, 4.69) is 193 Å². The normalized spacial score (nSPS) is 11.9. The fourth-order valence-electron chi connectivity index (χ4n) is 8.69. The van der Waals surface area contributed by atoms with Gasteiger partial charge in [0.2, 0.25) is 0 Å². The Morgan fingerprint density at radius 3 is 1.70 bits per heavy atom. The fourth-order valence-corrected chi connectivity index (χ4v) is 10.9. The van der Waals surface area contributed by atoms with Gasteiger partial charge in [0.1, 0.15) is 11.2 Å². The van der Waals surface area contributed by atoms with Gasteiger partial charge < -0.3 is 9.32 Å². The quantitative estimate of drug-likeness (QED) is 0.174. The van der Waals surface area contributed by atoms with Gasteiger partial charge >= 0.3 is 0 Å². The number of benzene rings is 9. The van der Waals surface area contributed by atoms with Crippen molar-refractivity contribution < 1.29 is 4.42 Å². The maximum absolute atomic E-state index is 6.54. The van der Waals surface area contributed by atoms with Crippen LogP contribution in [-0.2, 0) is 0 Å². The highest BCUT2D eigenvalue weighted by Gasteiger charge is 2.19. The Labute approximate surface area is 330 Å². The second-order valence-corrected chi connectivity index (χ2v) is 16.6. The molecular weight excluding hydrogens is 719 g/mol. The van der Waals surface area contributed by atoms with E-state index < -0.39 is 0 Å². The molecule has 0 bridgehead atoms. The van der Waals surface area contributed by atoms with E-state index in [-0.39, 0.29) is 0 Å². The van der Waals surface area contributed by atoms with Gasteiger partial charge in [0, 0.05) is 73.6 Å². The van der Waals surface area contributed by atoms with Gasteiger partial charge in [-0.1, -0.05) is 115 Å². The molecule has 0 unspecified atom stereocenters. The number of nitrogens with zero attached hydrogens (tertiary/aromatic N) is 1. The highest BCUT2D eigenvalue weighted by atomic mass is 32.1. The highest BCUT2D eigenvalue weighted by molar-refractivity contribution is 7.26. The molecule has 3 aromatic heterocycles. The predicted molar refractivity (Wildman–Crippen MR) is 243 cm³/mol. The van der Waals surface area contributed by atoms with Crippen molar-refractivity contribution in [3.8, 4) is 22.3 Å². The van der Waals surface area contributed by atoms with Crippen molar-refractivity contribution in [3.05, 3.63) is 188 Å². The smallest absolute Gasteiger partial charge is 0.143 e. The number of rotatable bonds is 5. The van der Waals surface area contributed by atoms with Crippen LogP contribution in [0.1, 0.15) is 0 Å². The van der Waals surface area contributed by atoms with Crippen LogP contribution in [0.15, 0.2) is 192 Å². The molecule has 3 heterocycles. The standard InChI is InChI=1S/C52H31NOS2/c1-2-10-40-32(9-1)23-29-43-50-38(13-7-15-45(50)54-52(40)43)33-19-24-35(25-20-33)53(37-28-30-48-44(31-37)41-11-3-5-16-46(41)55-48)36-26-21-34(22-27-36)39-14-8-18-49-51(39)42-12-4-6-17-47(42)56-49/h1-31H. The Bertz CT molecular complexity index is 3480. The predicted octanol–water partition coefficient (Wildman–Crippen LogP) is 16.3. The molecule has 0 fully saturated rings. The summed E-state index contributed by atoms with van der Waals surface area (Å²) in [5.41, 5.74) is 9.98. The van der Waals surface area contributed by atoms with E-state index in [1.54, 1.807) is 0 Å². The lowest BCUT2D eigenvalue weighted by Gasteiger charge is -2.26. The second-order valence-electron chi connectivity index (χ2n) is 14.4. The summed E-state index contributed by atoms with van der Waals surface area (Å²) < 4.78 is 11.8. The molecule has 0 radical (unpaired) electrons. The van der Waals surface area contributed by atoms with E-state index in [0.717, 1.165) is 50.0 Å². The Balaban J connectivity index is 0.996. The first kappa shape index (κ1) is 31.6. The van der Waals surface area contributed by atoms with Gasteiger partial charge in [-0.3, -0.25) is 0 Å². The zero-order valence-electron chi connectivity index (χ0n) is 30.1. The molecule has 56 heavy (non-hydrogen) atoms. The molecule has 0 amide bonds. The molecule has 262 valence electrons. The summed E-state index contributed by atoms with van der Waals surface area (Å²) in [6.07, 6.45) is 0. The summed E-state index contributed by atoms with van der Waals surface area (Å²) in [5.74, 6) is 0. The molecule has 9 aromatic carbocycles. The van der Waals surface area contributed by atoms with Crippen LogP contribution in [0.4, 0.5) is 17.1 Å². The number of thiophene rings is 2. The summed E-state index contributed by atoms with van der Waals surface area (Å²) in [6.45, 7) is 0. The van der Waals surface area contributed by atoms with Crippen LogP contribution < -0.4 is 4.90 Å². The van der Waals surface area contributed by atoms with E-state index >= 15 is 0 Å². The Morgan fingerprint density at radius 2 is 0.929 bits per heavy atom. The third kappa shape index (κ3) is 4.86. The van der Waals surface area contributed by atoms with Gasteiger partial charge in [-0.2, -0.15) is 0 Å². The lowest BCUT2D eigenvalue weighted by Crippen LogP contribution is -2.09. The van der Waals surface area contributed by atoms with Gasteiger partial charge in [0.25, 0.3) is 0 Å². The molecule has 0 saturated heterocycles. The molecule has 0 aliphatic carbocycles. The molecule has 4 heteroatoms. The summed E-state index contributed by atoms with van der Waals surface area (Å²) in [7, 11) is 0. The Hall–Kier alpha value is -6.72. The summed E-state index contributed by atoms with van der Waals surface area (Å²) in [6, 6.07) is 68.5. The van der Waals surface area contributed by atoms with Crippen molar-refractivity contribution in [2.24, 2.45) is 0 Å². The van der Waals surface area contributed by atoms with Crippen molar-refractivity contribution in [1.29, 1.82) is 0 Å². The maximum Gasteiger partial charge on any atom is 0.143 e. The lowest BCUT2D eigenvalue weighted by molar-refractivity contribution is 0.673. The van der Waals surface area contributed by atoms with E-state index in [4.69, 9.17) is 4.42 Å². The highest BCUT2D eigenvalue weighted by Crippen LogP contribution is 2.45. The third-order valence-corrected chi connectivity index (χ3v) is 13.6. The Kier molecular flexibility index (Phi) is 7.00. The second kappa shape index (κ2) is 12.4. The van der Waals surface area contributed by atoms with Gasteiger partial charge in [0.05, 0.1) is 0 Å². The lowest BCUT2D eigenvalue weighted by atomic mass is 9.97. The van der Waals surface area contributed by atoms with Crippen LogP contribution in [0.3, 0.4) is 0 Å². The first-order valence-corrected chi connectivity index (χ1v) is 20.5. The third-order valence-electron chi connectivity index (χ3n) is 11.3. The minimum Gasteiger partial charge on any atom is -0.455 e. The SMILES string of the molecule is c1ccc2c(c1)ccc1c2oc2cccc(-c3ccc(N(c4ccc(-c5cccc6sc7ccccc7c56)cc4)c4ccc5sc6ccccc6c5c4)cc3)c21. The average Bonchev–Trinajstić information content (AvgIpc) is 3.96. The molecule has 0 aliphatic heterocycles. The van der Waals surface area contributed by atoms with Gasteiger partial charge in [-0.05, 0) is 100 Å². The number of fused-ring (bicyclic) bond motifs is 11. The number of hydrogen-bond donors (Lipinski definition) is 0. The largest absolute Gasteiger partial charge is 0.455 e. The molecule has 0 spiro atoms. The van der Waals surface area contributed by atoms with E-state index in [0.29, 0.717) is 0 Å². The molecule has 12 rings (SSSR count). The monoisotopic (exact) mass is 749 g/mol. The molecule has 0 saturated carbocycles. The first-order valence-electron chi connectivity index (χ1n) is 18.9. The minimum absolute atomic E-state index is 0.905. The van der Waals surface area contributed by atoms with Crippen molar-refractivity contribution in [2.75, 3.05) is 4.90 Å². The summed E-state index contributed by atoms with van der Waals surface area (Å²) in [5, 5.41) is 9.84. The summed E-state index contributed by atoms with van der Waals surface area (Å²) >= 11 is 3.72. The van der Waals surface area contributed by atoms with Crippen LogP contribution in [0.2, 0.25) is 0 Å². The zero-order chi connectivity index (χ0) is 36.7. The first-order chi connectivity index (χ1) is 27.7. The van der Waals surface area contributed by atoms with Gasteiger partial charge in [-0.15, -0.1) is 22.7 Å². The molecule has 0 N–H and O–H groups in total. The molecular formula is C52H31NOS2. The van der Waals surface area contributed by atoms with E-state index in [1.807, 2.05) is 22.7 Å². The molecule has 12 aromatic rings. The van der Waals surface area contributed by atoms with E-state index in [9.17, 15) is 0 Å². The van der Waals surface area contributed by atoms with Crippen LogP contribution in [0.25, 0.3) is 95.3 Å². The zero-order valence-corrected chi connectivity index (χ0v) is 31.7. The van der Waals surface area contributed by atoms with Crippen molar-refractivity contribution in [1.82, 2.24) is 0 Å². The van der Waals surface area contributed by atoms with Gasteiger partial charge in [0.15, 0.2) is 0 Å². The number of furan rings is 1. The minimum atomic E-state index is 0.905. The molecule has 0 aliphatic rings. The number of hydrogen-bond acceptors (Lipinski definition) is 4. The topological polar surface area (TPSA) is 16.4 Å². The Morgan fingerprint density at radius 1 is 0.357 bits per heavy atom. The van der Waals surface area contributed by atoms with Gasteiger partial charge in [-0.25, -0.2) is 0 Å². The van der Waals surface area contributed by atoms with Crippen LogP contribution in [-0.4, -0.2) is 0 Å². The fraction of sp³-hybridized carbons (Fsp3) is 0. The van der Waals surface area contributed by atoms with E-state index in [1.165, 1.54) is 62.4 Å². The average molecular weight is 750 g/mol. The van der Waals surface area contributed by atoms with Crippen molar-refractivity contribution in [3.63, 3.8) is 0 Å².